The topological polar surface area (TPSA) is 486 Å². The highest BCUT2D eigenvalue weighted by Crippen LogP contribution is 2.37. The quantitative estimate of drug-likeness (QED) is 0.0180. The van der Waals surface area contributed by atoms with E-state index < -0.39 is 60.2 Å². The van der Waals surface area contributed by atoms with Crippen LogP contribution in [0.2, 0.25) is 0 Å². The summed E-state index contributed by atoms with van der Waals surface area (Å²) in [6.07, 6.45) is 15.0. The Morgan fingerprint density at radius 3 is 0.953 bits per heavy atom. The Balaban J connectivity index is 0.000000166. The number of nitrogens with one attached hydrogen (secondary N) is 8. The number of aliphatic hydroxyl groups excluding tert-OH is 1. The van der Waals surface area contributed by atoms with Crippen molar-refractivity contribution in [3.63, 3.8) is 0 Å². The first-order chi connectivity index (χ1) is 61.6. The number of fused-ring (bicyclic) bond motifs is 4. The van der Waals surface area contributed by atoms with Crippen molar-refractivity contribution in [1.29, 1.82) is 0 Å². The molecule has 3 unspecified atom stereocenters. The van der Waals surface area contributed by atoms with Gasteiger partial charge in [-0.2, -0.15) is 20.4 Å². The van der Waals surface area contributed by atoms with Crippen molar-refractivity contribution in [3.8, 4) is 23.0 Å². The van der Waals surface area contributed by atoms with Crippen LogP contribution in [-0.2, 0) is 27.3 Å². The average Bonchev–Trinajstić information content (AvgIpc) is 1.67. The van der Waals surface area contributed by atoms with Crippen LogP contribution in [-0.4, -0.2) is 164 Å². The standard InChI is InChI=1S/C28H26N4O4.C24H21N3O3S.C22H22N4O5.C22H22N4O4/c1-17(33)20-11-8-18(9-12-20)10-14-22-25-23(32-31-22)15-13-21(26(25)36-2)28(35)30-24(27(29)34)16-19-6-4-3-5-7-19;1-15(28)17-8-5-16(6-9-17)7-11-20-22-21(27-26-20)12-10-19(23(22)30-2)24(29)25-14-18-4-3-13-31-18;1-12(28)14-6-3-13(4-7-14)5-9-16-19-17(26-25-16)10-8-15(20(19)31-2)22(30)24-18(11-27)21(23)29;1-12(21(23)28)24-22(29)16-9-11-18-19(20(16)30-3)17(25-26-18)10-6-14-4-7-15(8-5-14)13(2)27/h3-15,24H,16H2,1-2H3,(H2,29,34)(H,30,35)(H,31,32);3-13H,14H2,1-2H3,(H,25,29)(H,26,27);3-10,18,27H,11H2,1-2H3,(H2,23,29)(H,24,30)(H,25,26);4-12H,1-3H3,(H2,23,28)(H,24,29)(H,25,26)/b14-10+;11-7+;9-5+;10-6+. The van der Waals surface area contributed by atoms with Gasteiger partial charge in [-0.05, 0) is 147 Å². The second-order valence-corrected chi connectivity index (χ2v) is 29.9. The smallest absolute Gasteiger partial charge is 0.255 e. The van der Waals surface area contributed by atoms with E-state index in [4.69, 9.17) is 36.1 Å². The van der Waals surface area contributed by atoms with Gasteiger partial charge in [-0.25, -0.2) is 0 Å². The zero-order valence-electron chi connectivity index (χ0n) is 70.9. The van der Waals surface area contributed by atoms with Gasteiger partial charge in [0.2, 0.25) is 17.7 Å². The minimum Gasteiger partial charge on any atom is -0.495 e. The number of rotatable bonds is 31. The number of ether oxygens (including phenoxy) is 4. The third-order valence-electron chi connectivity index (χ3n) is 20.2. The fourth-order valence-corrected chi connectivity index (χ4v) is 13.9. The van der Waals surface area contributed by atoms with E-state index in [1.807, 2.05) is 139 Å². The number of amides is 7. The monoisotopic (exact) mass is 1740 g/mol. The molecule has 5 heterocycles. The van der Waals surface area contributed by atoms with Crippen LogP contribution in [0.3, 0.4) is 0 Å². The number of aromatic nitrogens is 8. The fourth-order valence-electron chi connectivity index (χ4n) is 13.3. The molecular formula is C96H91N15O16S. The van der Waals surface area contributed by atoms with Crippen molar-refractivity contribution in [3.05, 3.63) is 293 Å². The van der Waals surface area contributed by atoms with Crippen molar-refractivity contribution >= 4 is 168 Å². The Kier molecular flexibility index (Phi) is 31.1. The van der Waals surface area contributed by atoms with Gasteiger partial charge in [-0.15, -0.1) is 11.3 Å². The Morgan fingerprint density at radius 1 is 0.375 bits per heavy atom. The second-order valence-electron chi connectivity index (χ2n) is 28.8. The number of aromatic amines is 4. The minimum atomic E-state index is -1.21. The molecule has 0 bridgehead atoms. The molecule has 31 nitrogen and oxygen atoms in total. The maximum absolute atomic E-state index is 13.2. The first-order valence-corrected chi connectivity index (χ1v) is 40.6. The van der Waals surface area contributed by atoms with Crippen LogP contribution in [0.1, 0.15) is 173 Å². The zero-order valence-corrected chi connectivity index (χ0v) is 71.8. The minimum absolute atomic E-state index is 0.00276. The molecule has 128 heavy (non-hydrogen) atoms. The van der Waals surface area contributed by atoms with Crippen LogP contribution in [0.5, 0.6) is 23.0 Å². The Morgan fingerprint density at radius 2 is 0.680 bits per heavy atom. The molecule has 14 aromatic rings. The van der Waals surface area contributed by atoms with Crippen molar-refractivity contribution in [1.82, 2.24) is 62.1 Å². The number of thiophene rings is 1. The molecule has 0 aliphatic heterocycles. The molecule has 0 aliphatic carbocycles. The summed E-state index contributed by atoms with van der Waals surface area (Å²) in [4.78, 5) is 133. The Bertz CT molecular complexity index is 6590. The normalized spacial score (nSPS) is 11.8. The van der Waals surface area contributed by atoms with Crippen LogP contribution in [0.25, 0.3) is 92.2 Å². The molecular weight excluding hydrogens is 1650 g/mol. The average molecular weight is 1740 g/mol. The summed E-state index contributed by atoms with van der Waals surface area (Å²) < 4.78 is 22.2. The molecule has 5 aromatic heterocycles. The first-order valence-electron chi connectivity index (χ1n) is 39.7. The molecule has 0 spiro atoms. The van der Waals surface area contributed by atoms with Crippen molar-refractivity contribution < 1.29 is 76.8 Å². The number of methoxy groups -OCH3 is 4. The molecule has 0 saturated heterocycles. The van der Waals surface area contributed by atoms with Crippen LogP contribution >= 0.6 is 11.3 Å². The number of hydrogen-bond acceptors (Lipinski definition) is 21. The Labute approximate surface area is 737 Å². The third-order valence-corrected chi connectivity index (χ3v) is 21.1. The van der Waals surface area contributed by atoms with Crippen molar-refractivity contribution in [2.75, 3.05) is 35.0 Å². The highest BCUT2D eigenvalue weighted by Gasteiger charge is 2.28. The summed E-state index contributed by atoms with van der Waals surface area (Å²) in [7, 11) is 5.90. The van der Waals surface area contributed by atoms with Crippen LogP contribution < -0.4 is 57.4 Å². The molecule has 15 N–H and O–H groups in total. The first kappa shape index (κ1) is 92.4. The van der Waals surface area contributed by atoms with Crippen LogP contribution in [0.15, 0.2) is 193 Å². The number of H-pyrrole nitrogens is 4. The highest BCUT2D eigenvalue weighted by molar-refractivity contribution is 7.09. The molecule has 3 atom stereocenters. The summed E-state index contributed by atoms with van der Waals surface area (Å²) in [6.45, 7) is 7.45. The molecule has 0 fully saturated rings. The number of carbonyl (C=O) groups is 11. The molecule has 0 radical (unpaired) electrons. The number of Topliss-reactive ketones (excluding diaryl/α,β-unsaturated/α-hetero) is 4. The van der Waals surface area contributed by atoms with E-state index >= 15 is 0 Å². The predicted molar refractivity (Wildman–Crippen MR) is 492 cm³/mol. The van der Waals surface area contributed by atoms with Gasteiger partial charge in [0, 0.05) is 33.6 Å². The summed E-state index contributed by atoms with van der Waals surface area (Å²) in [5.74, 6) is -2.46. The number of benzene rings is 9. The number of ketones is 4. The number of carbonyl (C=O) groups excluding carboxylic acids is 11. The summed E-state index contributed by atoms with van der Waals surface area (Å²) in [6, 6.07) is 52.5. The largest absolute Gasteiger partial charge is 0.495 e. The highest BCUT2D eigenvalue weighted by atomic mass is 32.1. The van der Waals surface area contributed by atoms with Gasteiger partial charge in [0.25, 0.3) is 23.6 Å². The van der Waals surface area contributed by atoms with Crippen molar-refractivity contribution in [2.45, 2.75) is 65.7 Å². The fraction of sp³-hybridized carbons (Fsp3) is 0.156. The molecule has 9 aromatic carbocycles. The number of hydrogen-bond donors (Lipinski definition) is 12. The van der Waals surface area contributed by atoms with Gasteiger partial charge in [0.1, 0.15) is 41.1 Å². The lowest BCUT2D eigenvalue weighted by atomic mass is 10.0. The number of primary amides is 3. The van der Waals surface area contributed by atoms with E-state index in [0.29, 0.717) is 107 Å². The van der Waals surface area contributed by atoms with Crippen LogP contribution in [0, 0.1) is 0 Å². The number of nitrogens with zero attached hydrogens (tertiary/aromatic N) is 4. The number of aliphatic hydroxyl groups is 1. The second kappa shape index (κ2) is 43.1. The molecule has 0 aliphatic rings. The zero-order chi connectivity index (χ0) is 91.8. The number of nitrogens with two attached hydrogens (primary N) is 3. The van der Waals surface area contributed by atoms with Gasteiger partial charge < -0.3 is 62.5 Å². The predicted octanol–water partition coefficient (Wildman–Crippen LogP) is 12.8. The van der Waals surface area contributed by atoms with E-state index in [0.717, 1.165) is 43.8 Å². The van der Waals surface area contributed by atoms with Gasteiger partial charge >= 0.3 is 0 Å². The van der Waals surface area contributed by atoms with Gasteiger partial charge in [-0.1, -0.05) is 158 Å². The van der Waals surface area contributed by atoms with Gasteiger partial charge in [-0.3, -0.25) is 73.1 Å². The maximum Gasteiger partial charge on any atom is 0.255 e. The van der Waals surface area contributed by atoms with Crippen LogP contribution in [0.4, 0.5) is 0 Å². The lowest BCUT2D eigenvalue weighted by molar-refractivity contribution is -0.121. The van der Waals surface area contributed by atoms with Crippen molar-refractivity contribution in [2.24, 2.45) is 17.2 Å². The molecule has 7 amide bonds. The Hall–Kier alpha value is -16.4. The molecule has 652 valence electrons. The molecule has 14 rings (SSSR count). The van der Waals surface area contributed by atoms with E-state index in [1.54, 1.807) is 122 Å². The van der Waals surface area contributed by atoms with E-state index in [9.17, 15) is 57.8 Å². The molecule has 0 saturated carbocycles. The SMILES string of the molecule is COc1c(C(=O)NC(C)C(N)=O)ccc2n[nH]c(/C=C/c3ccc(C(C)=O)cc3)c12.COc1c(C(=O)NC(CO)C(N)=O)ccc2n[nH]c(/C=C/c3ccc(C(C)=O)cc3)c12.COc1c(C(=O)NC(Cc2ccccc2)C(N)=O)ccc2n[nH]c(/C=C/c3ccc(C(C)=O)cc3)c12.COc1c(C(=O)NCc2cccs2)ccc2n[nH]c(/C=C/c3ccc(C(C)=O)cc3)c12. The lowest BCUT2D eigenvalue weighted by Gasteiger charge is -2.17. The molecule has 32 heteroatoms. The summed E-state index contributed by atoms with van der Waals surface area (Å²) in [5, 5.41) is 53.4. The lowest BCUT2D eigenvalue weighted by Crippen LogP contribution is -2.46. The van der Waals surface area contributed by atoms with Gasteiger partial charge in [0.05, 0.1) is 130 Å². The van der Waals surface area contributed by atoms with E-state index in [-0.39, 0.29) is 57.9 Å². The van der Waals surface area contributed by atoms with Gasteiger partial charge in [0.15, 0.2) is 23.1 Å². The third kappa shape index (κ3) is 22.9. The maximum atomic E-state index is 13.2. The summed E-state index contributed by atoms with van der Waals surface area (Å²) in [5.41, 5.74) is 29.3. The summed E-state index contributed by atoms with van der Waals surface area (Å²) >= 11 is 1.59. The van der Waals surface area contributed by atoms with E-state index in [1.165, 1.54) is 55.1 Å². The van der Waals surface area contributed by atoms with E-state index in [2.05, 4.69) is 62.1 Å².